The summed E-state index contributed by atoms with van der Waals surface area (Å²) in [4.78, 5) is 23.6. The quantitative estimate of drug-likeness (QED) is 0.944. The fourth-order valence-corrected chi connectivity index (χ4v) is 2.40. The van der Waals surface area contributed by atoms with Crippen LogP contribution in [0.15, 0.2) is 39.9 Å². The van der Waals surface area contributed by atoms with E-state index < -0.39 is 0 Å². The monoisotopic (exact) mass is 299 g/mol. The Morgan fingerprint density at radius 2 is 2.14 bits per heavy atom. The average molecular weight is 299 g/mol. The van der Waals surface area contributed by atoms with Crippen molar-refractivity contribution in [2.24, 2.45) is 5.10 Å². The van der Waals surface area contributed by atoms with Gasteiger partial charge in [0.05, 0.1) is 6.04 Å². The first kappa shape index (κ1) is 14.3. The molecule has 0 bridgehead atoms. The summed E-state index contributed by atoms with van der Waals surface area (Å²) in [6.07, 6.45) is 0.670. The van der Waals surface area contributed by atoms with Crippen LogP contribution in [-0.4, -0.2) is 29.6 Å². The molecule has 1 unspecified atom stereocenters. The van der Waals surface area contributed by atoms with Gasteiger partial charge < -0.3 is 9.73 Å². The fourth-order valence-electron chi connectivity index (χ4n) is 2.40. The van der Waals surface area contributed by atoms with Crippen molar-refractivity contribution in [3.8, 4) is 0 Å². The molecule has 114 valence electrons. The molecule has 0 fully saturated rings. The van der Waals surface area contributed by atoms with E-state index in [1.165, 1.54) is 5.01 Å². The number of carbonyl (C=O) groups excluding carboxylic acids is 2. The Labute approximate surface area is 127 Å². The first-order valence-corrected chi connectivity index (χ1v) is 7.18. The topological polar surface area (TPSA) is 74.9 Å². The maximum atomic E-state index is 12.2. The lowest BCUT2D eigenvalue weighted by Crippen LogP contribution is -2.38. The lowest BCUT2D eigenvalue weighted by atomic mass is 10.1. The van der Waals surface area contributed by atoms with E-state index in [1.54, 1.807) is 7.05 Å². The Morgan fingerprint density at radius 1 is 1.36 bits per heavy atom. The summed E-state index contributed by atoms with van der Waals surface area (Å²) in [5.74, 6) is 0.338. The van der Waals surface area contributed by atoms with Crippen LogP contribution in [0, 0.1) is 0 Å². The fraction of sp³-hybridized carbons (Fsp3) is 0.312. The molecule has 0 aliphatic carbocycles. The first-order chi connectivity index (χ1) is 10.5. The van der Waals surface area contributed by atoms with Crippen LogP contribution in [0.5, 0.6) is 0 Å². The van der Waals surface area contributed by atoms with Crippen LogP contribution >= 0.6 is 0 Å². The Morgan fingerprint density at radius 3 is 2.86 bits per heavy atom. The van der Waals surface area contributed by atoms with Crippen molar-refractivity contribution < 1.29 is 14.0 Å². The number of carbonyl (C=O) groups is 2. The van der Waals surface area contributed by atoms with E-state index in [9.17, 15) is 9.59 Å². The normalized spacial score (nSPS) is 16.5. The van der Waals surface area contributed by atoms with Crippen LogP contribution < -0.4 is 5.32 Å². The van der Waals surface area contributed by atoms with E-state index in [1.807, 2.05) is 37.3 Å². The summed E-state index contributed by atoms with van der Waals surface area (Å²) in [5.41, 5.74) is 1.16. The lowest BCUT2D eigenvalue weighted by Gasteiger charge is -2.20. The summed E-state index contributed by atoms with van der Waals surface area (Å²) < 4.78 is 5.74. The van der Waals surface area contributed by atoms with Crippen molar-refractivity contribution in [2.75, 3.05) is 7.05 Å². The maximum Gasteiger partial charge on any atom is 0.268 e. The highest BCUT2D eigenvalue weighted by molar-refractivity contribution is 6.39. The van der Waals surface area contributed by atoms with Gasteiger partial charge in [-0.15, -0.1) is 0 Å². The van der Waals surface area contributed by atoms with Gasteiger partial charge in [-0.2, -0.15) is 5.10 Å². The van der Waals surface area contributed by atoms with Crippen LogP contribution in [0.4, 0.5) is 0 Å². The zero-order chi connectivity index (χ0) is 15.7. The van der Waals surface area contributed by atoms with Crippen LogP contribution in [-0.2, 0) is 9.59 Å². The van der Waals surface area contributed by atoms with Gasteiger partial charge in [0.2, 0.25) is 5.91 Å². The summed E-state index contributed by atoms with van der Waals surface area (Å²) in [7, 11) is 1.55. The van der Waals surface area contributed by atoms with E-state index in [0.29, 0.717) is 24.3 Å². The van der Waals surface area contributed by atoms with Gasteiger partial charge in [-0.25, -0.2) is 5.01 Å². The molecule has 1 aromatic heterocycles. The van der Waals surface area contributed by atoms with E-state index >= 15 is 0 Å². The lowest BCUT2D eigenvalue weighted by molar-refractivity contribution is -0.130. The van der Waals surface area contributed by atoms with E-state index in [0.717, 1.165) is 11.0 Å². The predicted molar refractivity (Wildman–Crippen MR) is 82.2 cm³/mol. The number of hydrogen-bond donors (Lipinski definition) is 1. The van der Waals surface area contributed by atoms with E-state index in [4.69, 9.17) is 4.42 Å². The average Bonchev–Trinajstić information content (AvgIpc) is 2.94. The van der Waals surface area contributed by atoms with Crippen LogP contribution in [0.3, 0.4) is 0 Å². The predicted octanol–water partition coefficient (Wildman–Crippen LogP) is 2.22. The summed E-state index contributed by atoms with van der Waals surface area (Å²) in [6.45, 7) is 1.86. The van der Waals surface area contributed by atoms with Gasteiger partial charge in [0.1, 0.15) is 17.1 Å². The molecule has 1 atom stereocenters. The van der Waals surface area contributed by atoms with Gasteiger partial charge in [-0.05, 0) is 19.1 Å². The number of para-hydroxylation sites is 1. The highest BCUT2D eigenvalue weighted by Gasteiger charge is 2.23. The number of nitrogens with one attached hydrogen (secondary N) is 1. The third kappa shape index (κ3) is 2.72. The molecule has 1 aliphatic heterocycles. The molecule has 0 radical (unpaired) electrons. The molecule has 0 saturated heterocycles. The second-order valence-corrected chi connectivity index (χ2v) is 5.35. The van der Waals surface area contributed by atoms with E-state index in [-0.39, 0.29) is 17.9 Å². The first-order valence-electron chi connectivity index (χ1n) is 7.18. The molecule has 2 amide bonds. The minimum Gasteiger partial charge on any atom is -0.459 e. The molecule has 6 nitrogen and oxygen atoms in total. The minimum atomic E-state index is -0.273. The van der Waals surface area contributed by atoms with Gasteiger partial charge in [0.25, 0.3) is 5.91 Å². The largest absolute Gasteiger partial charge is 0.459 e. The highest BCUT2D eigenvalue weighted by atomic mass is 16.3. The van der Waals surface area contributed by atoms with Gasteiger partial charge >= 0.3 is 0 Å². The molecule has 2 aromatic rings. The Bertz CT molecular complexity index is 730. The number of amides is 2. The standard InChI is InChI=1S/C16H17N3O3/c1-10(14-9-11-5-3-4-6-13(11)22-14)17-16(21)12-7-8-15(20)19(2)18-12/h3-6,9-10H,7-8H2,1-2H3,(H,17,21). The zero-order valence-corrected chi connectivity index (χ0v) is 12.5. The zero-order valence-electron chi connectivity index (χ0n) is 12.5. The summed E-state index contributed by atoms with van der Waals surface area (Å²) in [6, 6.07) is 9.34. The third-order valence-corrected chi connectivity index (χ3v) is 3.69. The molecular formula is C16H17N3O3. The van der Waals surface area contributed by atoms with Gasteiger partial charge in [-0.1, -0.05) is 18.2 Å². The minimum absolute atomic E-state index is 0.0816. The third-order valence-electron chi connectivity index (χ3n) is 3.69. The van der Waals surface area contributed by atoms with Gasteiger partial charge in [-0.3, -0.25) is 9.59 Å². The van der Waals surface area contributed by atoms with Crippen molar-refractivity contribution in [1.29, 1.82) is 0 Å². The molecule has 22 heavy (non-hydrogen) atoms. The number of rotatable bonds is 3. The second kappa shape index (κ2) is 5.63. The molecule has 6 heteroatoms. The number of benzene rings is 1. The molecule has 1 aromatic carbocycles. The van der Waals surface area contributed by atoms with Gasteiger partial charge in [0, 0.05) is 25.3 Å². The van der Waals surface area contributed by atoms with Crippen molar-refractivity contribution in [3.05, 3.63) is 36.1 Å². The SMILES string of the molecule is CC(NC(=O)C1=NN(C)C(=O)CC1)c1cc2ccccc2o1. The van der Waals surface area contributed by atoms with Crippen LogP contribution in [0.2, 0.25) is 0 Å². The van der Waals surface area contributed by atoms with Gasteiger partial charge in [0.15, 0.2) is 0 Å². The summed E-state index contributed by atoms with van der Waals surface area (Å²) in [5, 5.41) is 9.08. The Kier molecular flexibility index (Phi) is 3.66. The van der Waals surface area contributed by atoms with E-state index in [2.05, 4.69) is 10.4 Å². The maximum absolute atomic E-state index is 12.2. The molecule has 2 heterocycles. The van der Waals surface area contributed by atoms with Crippen molar-refractivity contribution >= 4 is 28.5 Å². The summed E-state index contributed by atoms with van der Waals surface area (Å²) >= 11 is 0. The molecule has 0 spiro atoms. The Hall–Kier alpha value is -2.63. The number of fused-ring (bicyclic) bond motifs is 1. The molecule has 1 N–H and O–H groups in total. The smallest absolute Gasteiger partial charge is 0.268 e. The van der Waals surface area contributed by atoms with Crippen molar-refractivity contribution in [2.45, 2.75) is 25.8 Å². The number of hydrazone groups is 1. The number of nitrogens with zero attached hydrogens (tertiary/aromatic N) is 2. The van der Waals surface area contributed by atoms with Crippen molar-refractivity contribution in [1.82, 2.24) is 10.3 Å². The second-order valence-electron chi connectivity index (χ2n) is 5.35. The number of furan rings is 1. The van der Waals surface area contributed by atoms with Crippen LogP contribution in [0.1, 0.15) is 31.6 Å². The van der Waals surface area contributed by atoms with Crippen molar-refractivity contribution in [3.63, 3.8) is 0 Å². The van der Waals surface area contributed by atoms with Crippen LogP contribution in [0.25, 0.3) is 11.0 Å². The molecule has 3 rings (SSSR count). The molecular weight excluding hydrogens is 282 g/mol. The molecule has 1 aliphatic rings. The Balaban J connectivity index is 1.73. The number of hydrogen-bond acceptors (Lipinski definition) is 4. The highest BCUT2D eigenvalue weighted by Crippen LogP contribution is 2.23. The molecule has 0 saturated carbocycles.